The highest BCUT2D eigenvalue weighted by molar-refractivity contribution is 5.89. The van der Waals surface area contributed by atoms with Crippen molar-refractivity contribution < 1.29 is 14.3 Å². The van der Waals surface area contributed by atoms with E-state index in [4.69, 9.17) is 0 Å². The number of hydrogen-bond acceptors (Lipinski definition) is 2. The van der Waals surface area contributed by atoms with Crippen LogP contribution < -0.4 is 5.32 Å². The van der Waals surface area contributed by atoms with Gasteiger partial charge in [0.15, 0.2) is 0 Å². The number of nitrogens with zero attached hydrogens (tertiary/aromatic N) is 1. The fraction of sp³-hybridized carbons (Fsp3) is 0.533. The molecule has 2 N–H and O–H groups in total. The van der Waals surface area contributed by atoms with Gasteiger partial charge in [-0.25, -0.2) is 9.18 Å². The highest BCUT2D eigenvalue weighted by atomic mass is 19.1. The van der Waals surface area contributed by atoms with Crippen LogP contribution in [-0.4, -0.2) is 34.7 Å². The maximum atomic E-state index is 12.8. The van der Waals surface area contributed by atoms with Crippen molar-refractivity contribution in [2.45, 2.75) is 25.4 Å². The van der Waals surface area contributed by atoms with Gasteiger partial charge >= 0.3 is 6.03 Å². The predicted octanol–water partition coefficient (Wildman–Crippen LogP) is 2.45. The van der Waals surface area contributed by atoms with Gasteiger partial charge in [-0.05, 0) is 55.9 Å². The number of carbonyl (C=O) groups excluding carboxylic acids is 1. The molecule has 20 heavy (non-hydrogen) atoms. The molecule has 1 aliphatic carbocycles. The van der Waals surface area contributed by atoms with E-state index in [9.17, 15) is 14.3 Å². The molecule has 1 aromatic carbocycles. The molecule has 0 radical (unpaired) electrons. The molecule has 2 fully saturated rings. The second-order valence-corrected chi connectivity index (χ2v) is 6.27. The van der Waals surface area contributed by atoms with E-state index >= 15 is 0 Å². The van der Waals surface area contributed by atoms with Crippen molar-refractivity contribution in [2.24, 2.45) is 11.8 Å². The van der Waals surface area contributed by atoms with Gasteiger partial charge in [0.2, 0.25) is 0 Å². The first-order valence-electron chi connectivity index (χ1n) is 6.97. The van der Waals surface area contributed by atoms with Crippen LogP contribution in [0.1, 0.15) is 19.8 Å². The lowest BCUT2D eigenvalue weighted by Gasteiger charge is -2.22. The molecule has 1 aromatic rings. The monoisotopic (exact) mass is 278 g/mol. The van der Waals surface area contributed by atoms with E-state index in [0.29, 0.717) is 30.6 Å². The van der Waals surface area contributed by atoms with Gasteiger partial charge in [0.25, 0.3) is 0 Å². The molecule has 0 bridgehead atoms. The second-order valence-electron chi connectivity index (χ2n) is 6.27. The number of anilines is 1. The van der Waals surface area contributed by atoms with Crippen LogP contribution in [0.5, 0.6) is 0 Å². The number of fused-ring (bicyclic) bond motifs is 1. The Morgan fingerprint density at radius 3 is 2.40 bits per heavy atom. The van der Waals surface area contributed by atoms with Gasteiger partial charge in [-0.2, -0.15) is 0 Å². The van der Waals surface area contributed by atoms with Crippen molar-refractivity contribution in [1.29, 1.82) is 0 Å². The van der Waals surface area contributed by atoms with Crippen LogP contribution in [0.2, 0.25) is 0 Å². The molecule has 2 amide bonds. The van der Waals surface area contributed by atoms with E-state index < -0.39 is 5.60 Å². The molecule has 0 spiro atoms. The zero-order valence-corrected chi connectivity index (χ0v) is 11.5. The van der Waals surface area contributed by atoms with E-state index in [2.05, 4.69) is 5.32 Å². The van der Waals surface area contributed by atoms with Gasteiger partial charge in [0.05, 0.1) is 5.60 Å². The molecular weight excluding hydrogens is 259 g/mol. The molecular formula is C15H19FN2O2. The van der Waals surface area contributed by atoms with E-state index in [1.807, 2.05) is 6.92 Å². The Morgan fingerprint density at radius 2 is 1.85 bits per heavy atom. The first-order valence-corrected chi connectivity index (χ1v) is 6.97. The van der Waals surface area contributed by atoms with Gasteiger partial charge in [-0.3, -0.25) is 0 Å². The van der Waals surface area contributed by atoms with E-state index in [1.54, 1.807) is 17.0 Å². The molecule has 1 aliphatic heterocycles. The van der Waals surface area contributed by atoms with Crippen LogP contribution >= 0.6 is 0 Å². The highest BCUT2D eigenvalue weighted by Crippen LogP contribution is 2.43. The van der Waals surface area contributed by atoms with E-state index in [1.165, 1.54) is 12.1 Å². The van der Waals surface area contributed by atoms with Crippen LogP contribution in [0.3, 0.4) is 0 Å². The zero-order chi connectivity index (χ0) is 14.3. The fourth-order valence-electron chi connectivity index (χ4n) is 3.52. The Kier molecular flexibility index (Phi) is 3.17. The summed E-state index contributed by atoms with van der Waals surface area (Å²) in [6.07, 6.45) is 1.52. The molecule has 108 valence electrons. The molecule has 1 heterocycles. The SMILES string of the molecule is CC1(O)C[C@H]2CN(C(=O)Nc3ccc(F)cc3)C[C@H]2C1. The summed E-state index contributed by atoms with van der Waals surface area (Å²) in [4.78, 5) is 13.9. The lowest BCUT2D eigenvalue weighted by Crippen LogP contribution is -2.35. The number of likely N-dealkylation sites (tertiary alicyclic amines) is 1. The quantitative estimate of drug-likeness (QED) is 0.829. The topological polar surface area (TPSA) is 52.6 Å². The number of amides is 2. The number of carbonyl (C=O) groups is 1. The Balaban J connectivity index is 1.59. The maximum absolute atomic E-state index is 12.8. The summed E-state index contributed by atoms with van der Waals surface area (Å²) in [6.45, 7) is 3.25. The molecule has 4 nitrogen and oxygen atoms in total. The minimum absolute atomic E-state index is 0.148. The van der Waals surface area contributed by atoms with Crippen LogP contribution in [0.25, 0.3) is 0 Å². The third-order valence-corrected chi connectivity index (χ3v) is 4.36. The van der Waals surface area contributed by atoms with Gasteiger partial charge in [0.1, 0.15) is 5.82 Å². The average molecular weight is 278 g/mol. The van der Waals surface area contributed by atoms with Crippen molar-refractivity contribution in [3.63, 3.8) is 0 Å². The lowest BCUT2D eigenvalue weighted by molar-refractivity contribution is 0.0559. The summed E-state index contributed by atoms with van der Waals surface area (Å²) in [6, 6.07) is 5.60. The lowest BCUT2D eigenvalue weighted by atomic mass is 10.0. The molecule has 1 unspecified atom stereocenters. The van der Waals surface area contributed by atoms with Crippen molar-refractivity contribution in [3.05, 3.63) is 30.1 Å². The summed E-state index contributed by atoms with van der Waals surface area (Å²) in [5.74, 6) is 0.467. The summed E-state index contributed by atoms with van der Waals surface area (Å²) in [5, 5.41) is 12.8. The standard InChI is InChI=1S/C15H19FN2O2/c1-15(20)6-10-8-18(9-11(10)7-15)14(19)17-13-4-2-12(16)3-5-13/h2-5,10-11,20H,6-9H2,1H3,(H,17,19)/t10-,11+,15?. The molecule has 1 saturated heterocycles. The van der Waals surface area contributed by atoms with Crippen LogP contribution in [0, 0.1) is 17.7 Å². The first-order chi connectivity index (χ1) is 9.43. The van der Waals surface area contributed by atoms with Crippen molar-refractivity contribution in [2.75, 3.05) is 18.4 Å². The third-order valence-electron chi connectivity index (χ3n) is 4.36. The molecule has 5 heteroatoms. The maximum Gasteiger partial charge on any atom is 0.321 e. The fourth-order valence-corrected chi connectivity index (χ4v) is 3.52. The number of hydrogen-bond donors (Lipinski definition) is 2. The number of aliphatic hydroxyl groups is 1. The number of urea groups is 1. The summed E-state index contributed by atoms with van der Waals surface area (Å²) in [5.41, 5.74) is 0.0231. The largest absolute Gasteiger partial charge is 0.390 e. The zero-order valence-electron chi connectivity index (χ0n) is 11.5. The summed E-state index contributed by atoms with van der Waals surface area (Å²) < 4.78 is 12.8. The Morgan fingerprint density at radius 1 is 1.30 bits per heavy atom. The Bertz CT molecular complexity index is 499. The molecule has 0 aromatic heterocycles. The van der Waals surface area contributed by atoms with Crippen LogP contribution in [0.4, 0.5) is 14.9 Å². The third kappa shape index (κ3) is 2.63. The summed E-state index contributed by atoms with van der Waals surface area (Å²) in [7, 11) is 0. The van der Waals surface area contributed by atoms with Gasteiger partial charge in [0, 0.05) is 18.8 Å². The number of rotatable bonds is 1. The first kappa shape index (κ1) is 13.4. The van der Waals surface area contributed by atoms with Gasteiger partial charge in [-0.15, -0.1) is 0 Å². The highest BCUT2D eigenvalue weighted by Gasteiger charge is 2.46. The average Bonchev–Trinajstić information content (AvgIpc) is 2.85. The Labute approximate surface area is 117 Å². The normalized spacial score (nSPS) is 32.2. The van der Waals surface area contributed by atoms with E-state index in [0.717, 1.165) is 12.8 Å². The van der Waals surface area contributed by atoms with Crippen LogP contribution in [-0.2, 0) is 0 Å². The summed E-state index contributed by atoms with van der Waals surface area (Å²) >= 11 is 0. The molecule has 3 atom stereocenters. The second kappa shape index (κ2) is 4.74. The number of nitrogens with one attached hydrogen (secondary N) is 1. The number of benzene rings is 1. The molecule has 1 saturated carbocycles. The number of halogens is 1. The van der Waals surface area contributed by atoms with Crippen molar-refractivity contribution in [3.8, 4) is 0 Å². The van der Waals surface area contributed by atoms with E-state index in [-0.39, 0.29) is 11.8 Å². The van der Waals surface area contributed by atoms with Gasteiger partial charge < -0.3 is 15.3 Å². The molecule has 3 rings (SSSR count). The predicted molar refractivity (Wildman–Crippen MR) is 73.8 cm³/mol. The smallest absolute Gasteiger partial charge is 0.321 e. The minimum atomic E-state index is -0.575. The minimum Gasteiger partial charge on any atom is -0.390 e. The van der Waals surface area contributed by atoms with Crippen molar-refractivity contribution >= 4 is 11.7 Å². The van der Waals surface area contributed by atoms with Crippen molar-refractivity contribution in [1.82, 2.24) is 4.90 Å². The van der Waals surface area contributed by atoms with Gasteiger partial charge in [-0.1, -0.05) is 0 Å². The van der Waals surface area contributed by atoms with Crippen LogP contribution in [0.15, 0.2) is 24.3 Å². The Hall–Kier alpha value is -1.62. The molecule has 2 aliphatic rings.